The van der Waals surface area contributed by atoms with Crippen LogP contribution in [-0.2, 0) is 17.3 Å². The number of hydrogen-bond donors (Lipinski definition) is 2. The molecule has 4 rings (SSSR count). The number of thioether (sulfide) groups is 1. The third-order valence-corrected chi connectivity index (χ3v) is 6.69. The molecular weight excluding hydrogens is 372 g/mol. The van der Waals surface area contributed by atoms with Crippen molar-refractivity contribution in [1.82, 2.24) is 14.8 Å². The Labute approximate surface area is 159 Å². The number of aryl methyl sites for hydroxylation is 2. The Hall–Kier alpha value is -1.91. The minimum absolute atomic E-state index is 0.219. The Kier molecular flexibility index (Phi) is 4.49. The summed E-state index contributed by atoms with van der Waals surface area (Å²) in [6, 6.07) is 0. The van der Waals surface area contributed by atoms with Gasteiger partial charge in [-0.15, -0.1) is 11.3 Å². The van der Waals surface area contributed by atoms with Gasteiger partial charge in [-0.25, -0.2) is 9.98 Å². The summed E-state index contributed by atoms with van der Waals surface area (Å²) in [5.41, 5.74) is 6.69. The second kappa shape index (κ2) is 6.67. The average Bonchev–Trinajstić information content (AvgIpc) is 3.21. The molecule has 1 fully saturated rings. The van der Waals surface area contributed by atoms with Crippen molar-refractivity contribution in [1.29, 1.82) is 0 Å². The van der Waals surface area contributed by atoms with Crippen LogP contribution in [-0.4, -0.2) is 44.8 Å². The van der Waals surface area contributed by atoms with Crippen LogP contribution in [0.2, 0.25) is 0 Å². The molecule has 8 nitrogen and oxygen atoms in total. The third-order valence-electron chi connectivity index (χ3n) is 4.72. The zero-order chi connectivity index (χ0) is 18.3. The Morgan fingerprint density at radius 3 is 3.15 bits per heavy atom. The molecule has 10 heteroatoms. The van der Waals surface area contributed by atoms with Crippen LogP contribution in [0.5, 0.6) is 0 Å². The van der Waals surface area contributed by atoms with Gasteiger partial charge in [0, 0.05) is 36.9 Å². The molecule has 4 heterocycles. The Morgan fingerprint density at radius 2 is 2.38 bits per heavy atom. The standard InChI is InChI=1S/C16H20N6O2S2/c1-9-11(5-22(2)21-9)13(23)18-12-7-25-14(19-12)16-8-24-4-3-10(16)6-26-15(17)20-16/h5,7,10H,3-4,6,8H2,1-2H3,(H2,17,20)(H,18,23). The second-order valence-corrected chi connectivity index (χ2v) is 8.42. The summed E-state index contributed by atoms with van der Waals surface area (Å²) in [4.78, 5) is 21.9. The monoisotopic (exact) mass is 392 g/mol. The van der Waals surface area contributed by atoms with Gasteiger partial charge in [0.1, 0.15) is 16.4 Å². The predicted molar refractivity (Wildman–Crippen MR) is 103 cm³/mol. The van der Waals surface area contributed by atoms with E-state index in [4.69, 9.17) is 15.5 Å². The van der Waals surface area contributed by atoms with E-state index < -0.39 is 5.54 Å². The van der Waals surface area contributed by atoms with Crippen LogP contribution in [0.15, 0.2) is 16.6 Å². The molecule has 2 atom stereocenters. The third kappa shape index (κ3) is 3.01. The van der Waals surface area contributed by atoms with Crippen LogP contribution in [0.4, 0.5) is 5.82 Å². The van der Waals surface area contributed by atoms with Crippen molar-refractivity contribution in [3.63, 3.8) is 0 Å². The summed E-state index contributed by atoms with van der Waals surface area (Å²) in [6.45, 7) is 3.01. The van der Waals surface area contributed by atoms with Gasteiger partial charge in [-0.3, -0.25) is 9.48 Å². The van der Waals surface area contributed by atoms with Crippen molar-refractivity contribution in [2.75, 3.05) is 24.3 Å². The average molecular weight is 393 g/mol. The number of hydrogen-bond acceptors (Lipinski definition) is 8. The maximum absolute atomic E-state index is 12.5. The maximum Gasteiger partial charge on any atom is 0.260 e. The number of anilines is 1. The van der Waals surface area contributed by atoms with Gasteiger partial charge in [0.15, 0.2) is 5.17 Å². The quantitative estimate of drug-likeness (QED) is 0.824. The van der Waals surface area contributed by atoms with Gasteiger partial charge in [0.25, 0.3) is 5.91 Å². The number of rotatable bonds is 3. The van der Waals surface area contributed by atoms with Crippen molar-refractivity contribution in [3.8, 4) is 0 Å². The molecule has 2 aromatic rings. The maximum atomic E-state index is 12.5. The van der Waals surface area contributed by atoms with E-state index in [1.165, 1.54) is 11.3 Å². The van der Waals surface area contributed by atoms with Crippen LogP contribution in [0.25, 0.3) is 0 Å². The molecule has 0 aromatic carbocycles. The first-order valence-electron chi connectivity index (χ1n) is 8.31. The van der Waals surface area contributed by atoms with Gasteiger partial charge in [-0.05, 0) is 13.3 Å². The topological polar surface area (TPSA) is 107 Å². The zero-order valence-electron chi connectivity index (χ0n) is 14.6. The van der Waals surface area contributed by atoms with Crippen molar-refractivity contribution in [3.05, 3.63) is 27.8 Å². The van der Waals surface area contributed by atoms with Crippen LogP contribution in [0.3, 0.4) is 0 Å². The van der Waals surface area contributed by atoms with E-state index in [2.05, 4.69) is 15.4 Å². The fourth-order valence-corrected chi connectivity index (χ4v) is 5.39. The molecular formula is C16H20N6O2S2. The number of amides is 1. The van der Waals surface area contributed by atoms with Crippen LogP contribution >= 0.6 is 23.1 Å². The van der Waals surface area contributed by atoms with Gasteiger partial charge in [0.05, 0.1) is 17.9 Å². The lowest BCUT2D eigenvalue weighted by atomic mass is 9.82. The summed E-state index contributed by atoms with van der Waals surface area (Å²) >= 11 is 3.07. The molecule has 0 bridgehead atoms. The highest BCUT2D eigenvalue weighted by Crippen LogP contribution is 2.45. The lowest BCUT2D eigenvalue weighted by molar-refractivity contribution is 0.00448. The lowest BCUT2D eigenvalue weighted by Gasteiger charge is -2.41. The highest BCUT2D eigenvalue weighted by Gasteiger charge is 2.47. The molecule has 0 radical (unpaired) electrons. The molecule has 0 spiro atoms. The van der Waals surface area contributed by atoms with E-state index in [0.717, 1.165) is 23.8 Å². The molecule has 138 valence electrons. The number of nitrogens with zero attached hydrogens (tertiary/aromatic N) is 4. The molecule has 2 unspecified atom stereocenters. The number of fused-ring (bicyclic) bond motifs is 1. The van der Waals surface area contributed by atoms with Gasteiger partial charge in [-0.1, -0.05) is 11.8 Å². The molecule has 1 amide bonds. The number of carbonyl (C=O) groups is 1. The fourth-order valence-electron chi connectivity index (χ4n) is 3.39. The number of aliphatic imine (C=N–C) groups is 1. The SMILES string of the molecule is Cc1nn(C)cc1C(=O)Nc1csc(C23COCCC2CSC(N)=N3)n1. The summed E-state index contributed by atoms with van der Waals surface area (Å²) in [5.74, 6) is 1.55. The minimum Gasteiger partial charge on any atom is -0.379 e. The summed E-state index contributed by atoms with van der Waals surface area (Å²) in [7, 11) is 1.79. The normalized spacial score (nSPS) is 25.5. The Morgan fingerprint density at radius 1 is 1.54 bits per heavy atom. The first-order valence-corrected chi connectivity index (χ1v) is 10.2. The van der Waals surface area contributed by atoms with Gasteiger partial charge in [-0.2, -0.15) is 5.10 Å². The van der Waals surface area contributed by atoms with Crippen molar-refractivity contribution >= 4 is 40.0 Å². The molecule has 26 heavy (non-hydrogen) atoms. The van der Waals surface area contributed by atoms with E-state index in [1.807, 2.05) is 12.3 Å². The van der Waals surface area contributed by atoms with E-state index in [0.29, 0.717) is 34.8 Å². The number of carbonyl (C=O) groups excluding carboxylic acids is 1. The van der Waals surface area contributed by atoms with Gasteiger partial charge >= 0.3 is 0 Å². The molecule has 3 N–H and O–H groups in total. The van der Waals surface area contributed by atoms with Crippen LogP contribution in [0.1, 0.15) is 27.5 Å². The largest absolute Gasteiger partial charge is 0.379 e. The number of nitrogens with one attached hydrogen (secondary N) is 1. The first-order chi connectivity index (χ1) is 12.5. The first kappa shape index (κ1) is 17.5. The smallest absolute Gasteiger partial charge is 0.260 e. The molecule has 0 aliphatic carbocycles. The Bertz CT molecular complexity index is 876. The van der Waals surface area contributed by atoms with Gasteiger partial charge < -0.3 is 15.8 Å². The van der Waals surface area contributed by atoms with E-state index in [-0.39, 0.29) is 5.91 Å². The highest BCUT2D eigenvalue weighted by atomic mass is 32.2. The number of ether oxygens (including phenoxy) is 1. The van der Waals surface area contributed by atoms with E-state index in [9.17, 15) is 4.79 Å². The summed E-state index contributed by atoms with van der Waals surface area (Å²) in [5, 5.41) is 10.3. The van der Waals surface area contributed by atoms with Crippen molar-refractivity contribution in [2.24, 2.45) is 23.7 Å². The molecule has 2 aliphatic rings. The predicted octanol–water partition coefficient (Wildman–Crippen LogP) is 1.73. The van der Waals surface area contributed by atoms with Crippen LogP contribution in [0, 0.1) is 12.8 Å². The number of thiazole rings is 1. The number of aromatic nitrogens is 3. The van der Waals surface area contributed by atoms with E-state index >= 15 is 0 Å². The molecule has 1 saturated heterocycles. The summed E-state index contributed by atoms with van der Waals surface area (Å²) in [6.07, 6.45) is 2.63. The lowest BCUT2D eigenvalue weighted by Crippen LogP contribution is -2.47. The number of amidine groups is 1. The van der Waals surface area contributed by atoms with E-state index in [1.54, 1.807) is 29.7 Å². The molecule has 2 aromatic heterocycles. The fraction of sp³-hybridized carbons (Fsp3) is 0.500. The molecule has 0 saturated carbocycles. The van der Waals surface area contributed by atoms with Crippen molar-refractivity contribution in [2.45, 2.75) is 18.9 Å². The van der Waals surface area contributed by atoms with Crippen molar-refractivity contribution < 1.29 is 9.53 Å². The summed E-state index contributed by atoms with van der Waals surface area (Å²) < 4.78 is 7.34. The van der Waals surface area contributed by atoms with Gasteiger partial charge in [0.2, 0.25) is 0 Å². The van der Waals surface area contributed by atoms with Crippen LogP contribution < -0.4 is 11.1 Å². The second-order valence-electron chi connectivity index (χ2n) is 6.52. The Balaban J connectivity index is 1.60. The number of nitrogens with two attached hydrogens (primary N) is 1. The minimum atomic E-state index is -0.536. The zero-order valence-corrected chi connectivity index (χ0v) is 16.2. The highest BCUT2D eigenvalue weighted by molar-refractivity contribution is 8.13. The molecule has 2 aliphatic heterocycles.